The van der Waals surface area contributed by atoms with E-state index in [0.29, 0.717) is 32.1 Å². The molecular weight excluding hydrogens is 610 g/mol. The quantitative estimate of drug-likeness (QED) is 0.251. The van der Waals surface area contributed by atoms with Gasteiger partial charge in [0.05, 0.1) is 47.8 Å². The van der Waals surface area contributed by atoms with Crippen LogP contribution in [0.25, 0.3) is 0 Å². The minimum Gasteiger partial charge on any atom is -0.446 e. The van der Waals surface area contributed by atoms with Gasteiger partial charge in [-0.3, -0.25) is 4.79 Å². The molecule has 0 radical (unpaired) electrons. The van der Waals surface area contributed by atoms with Gasteiger partial charge in [-0.25, -0.2) is 29.6 Å². The molecule has 1 aromatic carbocycles. The van der Waals surface area contributed by atoms with E-state index in [2.05, 4.69) is 15.5 Å². The number of amidine groups is 1. The van der Waals surface area contributed by atoms with E-state index in [1.807, 2.05) is 0 Å². The van der Waals surface area contributed by atoms with Crippen molar-refractivity contribution >= 4 is 58.8 Å². The fraction of sp³-hybridized carbons (Fsp3) is 0.536. The lowest BCUT2D eigenvalue weighted by Gasteiger charge is -2.35. The Bertz CT molecular complexity index is 1350. The van der Waals surface area contributed by atoms with E-state index in [0.717, 1.165) is 5.01 Å². The molecule has 2 aliphatic rings. The van der Waals surface area contributed by atoms with Gasteiger partial charge in [-0.2, -0.15) is 20.1 Å². The molecule has 45 heavy (non-hydrogen) atoms. The molecule has 2 heterocycles. The second-order valence-corrected chi connectivity index (χ2v) is 11.7. The number of nitrogens with one attached hydrogen (secondary N) is 1. The van der Waals surface area contributed by atoms with Crippen molar-refractivity contribution in [2.45, 2.75) is 98.8 Å². The Labute approximate surface area is 265 Å². The van der Waals surface area contributed by atoms with Gasteiger partial charge in [0.2, 0.25) is 5.17 Å². The highest BCUT2D eigenvalue weighted by Gasteiger charge is 2.66. The number of benzene rings is 1. The van der Waals surface area contributed by atoms with Crippen molar-refractivity contribution in [2.75, 3.05) is 5.01 Å². The minimum absolute atomic E-state index is 0.0819. The third-order valence-corrected chi connectivity index (χ3v) is 6.47. The molecular formula is C28H39N7O9S. The number of amides is 5. The summed E-state index contributed by atoms with van der Waals surface area (Å²) in [7, 11) is 0. The van der Waals surface area contributed by atoms with E-state index in [9.17, 15) is 24.0 Å². The normalized spacial score (nSPS) is 17.7. The van der Waals surface area contributed by atoms with Crippen LogP contribution in [0.5, 0.6) is 0 Å². The number of hydrazone groups is 1. The van der Waals surface area contributed by atoms with Crippen LogP contribution in [-0.4, -0.2) is 85.7 Å². The van der Waals surface area contributed by atoms with Gasteiger partial charge in [0.15, 0.2) is 0 Å². The van der Waals surface area contributed by atoms with Gasteiger partial charge in [-0.1, -0.05) is 25.1 Å². The maximum atomic E-state index is 14.4. The van der Waals surface area contributed by atoms with Crippen LogP contribution >= 0.6 is 11.9 Å². The molecule has 3 rings (SSSR count). The number of rotatable bonds is 6. The summed E-state index contributed by atoms with van der Waals surface area (Å²) in [4.78, 5) is 72.2. The fourth-order valence-corrected chi connectivity index (χ4v) is 4.86. The van der Waals surface area contributed by atoms with Crippen LogP contribution < -0.4 is 10.4 Å². The molecule has 5 amide bonds. The smallest absolute Gasteiger partial charge is 0.440 e. The Kier molecular flexibility index (Phi) is 11.3. The van der Waals surface area contributed by atoms with Crippen molar-refractivity contribution < 1.29 is 42.9 Å². The molecule has 0 aliphatic carbocycles. The SMILES string of the molecule is CCC1=NN(c2ccccc2)C(=O)C12N=C(SN(NC(=O)OC(C)C)C(=O)OC(C)C)N(C(=O)OC(C)C)N2C(=O)OC(C)C. The summed E-state index contributed by atoms with van der Waals surface area (Å²) in [5.74, 6) is -0.812. The Morgan fingerprint density at radius 2 is 1.42 bits per heavy atom. The average Bonchev–Trinajstić information content (AvgIpc) is 3.41. The summed E-state index contributed by atoms with van der Waals surface area (Å²) in [6.45, 7) is 14.4. The standard InChI is InChI=1S/C28H39N7O9S/c1-10-21-28(22(36)32(30-21)20-14-12-11-13-15-20)29-23(33(25(38)42-17(4)5)34(28)26(39)43-18(6)7)45-35(27(40)44-19(8)9)31-24(37)41-16(2)3/h11-19H,10H2,1-9H3,(H,31,37). The molecule has 246 valence electrons. The number of para-hydroxylation sites is 1. The zero-order valence-corrected chi connectivity index (χ0v) is 27.5. The van der Waals surface area contributed by atoms with E-state index in [1.165, 1.54) is 0 Å². The second-order valence-electron chi connectivity index (χ2n) is 10.8. The summed E-state index contributed by atoms with van der Waals surface area (Å²) in [6, 6.07) is 8.43. The lowest BCUT2D eigenvalue weighted by molar-refractivity contribution is -0.128. The first kappa shape index (κ1) is 34.9. The Balaban J connectivity index is 2.24. The third kappa shape index (κ3) is 7.76. The first-order valence-corrected chi connectivity index (χ1v) is 15.1. The van der Waals surface area contributed by atoms with Crippen LogP contribution in [0.1, 0.15) is 68.7 Å². The van der Waals surface area contributed by atoms with Gasteiger partial charge in [0.1, 0.15) is 0 Å². The molecule has 0 aromatic heterocycles. The molecule has 0 fully saturated rings. The number of carbonyl (C=O) groups is 5. The lowest BCUT2D eigenvalue weighted by Crippen LogP contribution is -2.64. The number of anilines is 1. The van der Waals surface area contributed by atoms with Crippen molar-refractivity contribution in [3.63, 3.8) is 0 Å². The second kappa shape index (κ2) is 14.5. The first-order valence-electron chi connectivity index (χ1n) is 14.4. The summed E-state index contributed by atoms with van der Waals surface area (Å²) in [5.41, 5.74) is 0.437. The Morgan fingerprint density at radius 1 is 0.867 bits per heavy atom. The van der Waals surface area contributed by atoms with Crippen LogP contribution in [0.3, 0.4) is 0 Å². The van der Waals surface area contributed by atoms with Crippen LogP contribution in [0, 0.1) is 0 Å². The van der Waals surface area contributed by atoms with E-state index in [1.54, 1.807) is 92.6 Å². The highest BCUT2D eigenvalue weighted by molar-refractivity contribution is 8.12. The molecule has 1 N–H and O–H groups in total. The van der Waals surface area contributed by atoms with Crippen LogP contribution in [0.4, 0.5) is 24.9 Å². The average molecular weight is 650 g/mol. The Hall–Kier alpha value is -4.54. The van der Waals surface area contributed by atoms with Crippen LogP contribution in [0.2, 0.25) is 0 Å². The monoisotopic (exact) mass is 649 g/mol. The van der Waals surface area contributed by atoms with Crippen molar-refractivity contribution in [3.8, 4) is 0 Å². The zero-order chi connectivity index (χ0) is 33.6. The minimum atomic E-state index is -2.26. The van der Waals surface area contributed by atoms with E-state index < -0.39 is 65.5 Å². The Morgan fingerprint density at radius 3 is 1.96 bits per heavy atom. The van der Waals surface area contributed by atoms with Crippen LogP contribution in [0.15, 0.2) is 40.4 Å². The number of aliphatic imine (C=N–C) groups is 1. The first-order chi connectivity index (χ1) is 21.1. The number of ether oxygens (including phenoxy) is 4. The summed E-state index contributed by atoms with van der Waals surface area (Å²) >= 11 is 0.381. The molecule has 16 nitrogen and oxygen atoms in total. The van der Waals surface area contributed by atoms with Crippen molar-refractivity contribution in [1.29, 1.82) is 0 Å². The van der Waals surface area contributed by atoms with Crippen molar-refractivity contribution in [3.05, 3.63) is 30.3 Å². The molecule has 0 saturated carbocycles. The van der Waals surface area contributed by atoms with Gasteiger partial charge in [0.25, 0.3) is 5.66 Å². The van der Waals surface area contributed by atoms with Crippen molar-refractivity contribution in [1.82, 2.24) is 19.9 Å². The molecule has 0 saturated heterocycles. The summed E-state index contributed by atoms with van der Waals surface area (Å²) in [6.07, 6.45) is -6.76. The number of nitrogens with zero attached hydrogens (tertiary/aromatic N) is 6. The molecule has 1 spiro atoms. The molecule has 1 atom stereocenters. The predicted octanol–water partition coefficient (Wildman–Crippen LogP) is 5.02. The summed E-state index contributed by atoms with van der Waals surface area (Å²) in [5, 5.41) is 6.53. The largest absolute Gasteiger partial charge is 0.446 e. The molecule has 1 unspecified atom stereocenters. The molecule has 0 bridgehead atoms. The topological polar surface area (TPSA) is 172 Å². The zero-order valence-electron chi connectivity index (χ0n) is 26.7. The molecule has 17 heteroatoms. The maximum Gasteiger partial charge on any atom is 0.440 e. The molecule has 1 aromatic rings. The number of hydrogen-bond acceptors (Lipinski definition) is 12. The van der Waals surface area contributed by atoms with E-state index >= 15 is 0 Å². The number of hydrogen-bond donors (Lipinski definition) is 1. The summed E-state index contributed by atoms with van der Waals surface area (Å²) < 4.78 is 21.9. The fourth-order valence-electron chi connectivity index (χ4n) is 4.05. The van der Waals surface area contributed by atoms with Gasteiger partial charge in [-0.15, -0.1) is 4.41 Å². The van der Waals surface area contributed by atoms with Gasteiger partial charge >= 0.3 is 30.3 Å². The van der Waals surface area contributed by atoms with Gasteiger partial charge in [0, 0.05) is 0 Å². The van der Waals surface area contributed by atoms with Gasteiger partial charge < -0.3 is 18.9 Å². The van der Waals surface area contributed by atoms with E-state index in [-0.39, 0.29) is 12.1 Å². The lowest BCUT2D eigenvalue weighted by atomic mass is 10.0. The number of hydrazine groups is 2. The van der Waals surface area contributed by atoms with Crippen molar-refractivity contribution in [2.24, 2.45) is 10.1 Å². The van der Waals surface area contributed by atoms with E-state index in [4.69, 9.17) is 18.9 Å². The third-order valence-electron chi connectivity index (χ3n) is 5.62. The highest BCUT2D eigenvalue weighted by atomic mass is 32.2. The van der Waals surface area contributed by atoms with Gasteiger partial charge in [-0.05, 0) is 73.9 Å². The van der Waals surface area contributed by atoms with Crippen LogP contribution in [-0.2, 0) is 23.7 Å². The predicted molar refractivity (Wildman–Crippen MR) is 165 cm³/mol. The number of carbonyl (C=O) groups excluding carboxylic acids is 5. The molecule has 2 aliphatic heterocycles. The maximum absolute atomic E-state index is 14.4. The highest BCUT2D eigenvalue weighted by Crippen LogP contribution is 2.41.